The van der Waals surface area contributed by atoms with Gasteiger partial charge in [0.1, 0.15) is 17.5 Å². The molecule has 3 rings (SSSR count). The molecule has 0 amide bonds. The van der Waals surface area contributed by atoms with Gasteiger partial charge in [-0.25, -0.2) is 32.2 Å². The molecule has 0 bridgehead atoms. The Kier molecular flexibility index (Phi) is 5.77. The van der Waals surface area contributed by atoms with Crippen molar-refractivity contribution in [1.29, 1.82) is 0 Å². The lowest BCUT2D eigenvalue weighted by atomic mass is 10.2. The average molecular weight is 390 g/mol. The molecular weight excluding hydrogens is 371 g/mol. The van der Waals surface area contributed by atoms with Crippen LogP contribution in [0, 0.1) is 12.7 Å². The number of nitrogens with zero attached hydrogens (tertiary/aromatic N) is 4. The molecule has 1 aromatic carbocycles. The number of rotatable bonds is 8. The maximum Gasteiger partial charge on any atom is 0.215 e. The molecule has 27 heavy (non-hydrogen) atoms. The first kappa shape index (κ1) is 18.9. The van der Waals surface area contributed by atoms with Crippen LogP contribution >= 0.6 is 0 Å². The summed E-state index contributed by atoms with van der Waals surface area (Å²) >= 11 is 0. The molecule has 0 radical (unpaired) electrons. The van der Waals surface area contributed by atoms with Gasteiger partial charge in [-0.05, 0) is 30.7 Å². The molecule has 0 saturated heterocycles. The first-order chi connectivity index (χ1) is 12.9. The van der Waals surface area contributed by atoms with Crippen LogP contribution in [0.15, 0.2) is 48.8 Å². The van der Waals surface area contributed by atoms with Gasteiger partial charge in [0, 0.05) is 31.5 Å². The zero-order valence-corrected chi connectivity index (χ0v) is 15.4. The van der Waals surface area contributed by atoms with Crippen LogP contribution in [0.3, 0.4) is 0 Å². The fourth-order valence-electron chi connectivity index (χ4n) is 2.41. The Labute approximate surface area is 156 Å². The highest BCUT2D eigenvalue weighted by atomic mass is 32.2. The van der Waals surface area contributed by atoms with E-state index < -0.39 is 15.8 Å². The second kappa shape index (κ2) is 8.23. The SMILES string of the molecule is Cc1nc(NCCNS(=O)(=O)Cc2ccc(F)cc2)cc(-n2cccn2)n1. The molecule has 10 heteroatoms. The van der Waals surface area contributed by atoms with E-state index in [9.17, 15) is 12.8 Å². The van der Waals surface area contributed by atoms with E-state index in [0.29, 0.717) is 29.6 Å². The van der Waals surface area contributed by atoms with Gasteiger partial charge < -0.3 is 5.32 Å². The zero-order chi connectivity index (χ0) is 19.3. The monoisotopic (exact) mass is 390 g/mol. The predicted octanol–water partition coefficient (Wildman–Crippen LogP) is 1.64. The van der Waals surface area contributed by atoms with Gasteiger partial charge in [-0.1, -0.05) is 12.1 Å². The minimum atomic E-state index is -3.51. The lowest BCUT2D eigenvalue weighted by Gasteiger charge is -2.10. The molecule has 0 saturated carbocycles. The van der Waals surface area contributed by atoms with E-state index >= 15 is 0 Å². The summed E-state index contributed by atoms with van der Waals surface area (Å²) in [6, 6.07) is 8.90. The number of nitrogens with one attached hydrogen (secondary N) is 2. The Morgan fingerprint density at radius 2 is 1.93 bits per heavy atom. The van der Waals surface area contributed by atoms with Crippen molar-refractivity contribution < 1.29 is 12.8 Å². The van der Waals surface area contributed by atoms with Crippen molar-refractivity contribution in [3.05, 3.63) is 66.0 Å². The van der Waals surface area contributed by atoms with Crippen LogP contribution in [-0.4, -0.2) is 41.3 Å². The molecule has 142 valence electrons. The minimum absolute atomic E-state index is 0.184. The molecule has 0 unspecified atom stereocenters. The summed E-state index contributed by atoms with van der Waals surface area (Å²) in [6.07, 6.45) is 3.43. The number of hydrogen-bond acceptors (Lipinski definition) is 6. The smallest absolute Gasteiger partial charge is 0.215 e. The van der Waals surface area contributed by atoms with E-state index in [-0.39, 0.29) is 12.3 Å². The van der Waals surface area contributed by atoms with E-state index in [1.165, 1.54) is 24.3 Å². The number of anilines is 1. The zero-order valence-electron chi connectivity index (χ0n) is 14.6. The number of aromatic nitrogens is 4. The average Bonchev–Trinajstić information content (AvgIpc) is 3.15. The van der Waals surface area contributed by atoms with Crippen LogP contribution in [0.4, 0.5) is 10.2 Å². The van der Waals surface area contributed by atoms with Crippen LogP contribution in [0.5, 0.6) is 0 Å². The van der Waals surface area contributed by atoms with Gasteiger partial charge in [0.15, 0.2) is 5.82 Å². The molecule has 2 aromatic heterocycles. The van der Waals surface area contributed by atoms with Crippen LogP contribution in [0.2, 0.25) is 0 Å². The predicted molar refractivity (Wildman–Crippen MR) is 99.4 cm³/mol. The second-order valence-electron chi connectivity index (χ2n) is 5.82. The van der Waals surface area contributed by atoms with Crippen LogP contribution in [0.1, 0.15) is 11.4 Å². The molecule has 0 spiro atoms. The molecule has 0 fully saturated rings. The Bertz CT molecular complexity index is 991. The van der Waals surface area contributed by atoms with E-state index in [1.54, 1.807) is 36.1 Å². The van der Waals surface area contributed by atoms with Gasteiger partial charge in [-0.3, -0.25) is 0 Å². The van der Waals surface area contributed by atoms with Gasteiger partial charge in [-0.15, -0.1) is 0 Å². The van der Waals surface area contributed by atoms with Crippen LogP contribution < -0.4 is 10.0 Å². The lowest BCUT2D eigenvalue weighted by molar-refractivity contribution is 0.581. The number of halogens is 1. The first-order valence-corrected chi connectivity index (χ1v) is 9.88. The van der Waals surface area contributed by atoms with Crippen molar-refractivity contribution >= 4 is 15.8 Å². The van der Waals surface area contributed by atoms with E-state index in [2.05, 4.69) is 25.1 Å². The normalized spacial score (nSPS) is 11.5. The Hall–Kier alpha value is -2.85. The minimum Gasteiger partial charge on any atom is -0.369 e. The highest BCUT2D eigenvalue weighted by Crippen LogP contribution is 2.10. The molecule has 0 aliphatic heterocycles. The molecule has 0 aliphatic rings. The van der Waals surface area contributed by atoms with Gasteiger partial charge in [0.2, 0.25) is 10.0 Å². The summed E-state index contributed by atoms with van der Waals surface area (Å²) in [7, 11) is -3.51. The fraction of sp³-hybridized carbons (Fsp3) is 0.235. The third-order valence-electron chi connectivity index (χ3n) is 3.59. The second-order valence-corrected chi connectivity index (χ2v) is 7.62. The van der Waals surface area contributed by atoms with E-state index in [4.69, 9.17) is 0 Å². The summed E-state index contributed by atoms with van der Waals surface area (Å²) in [5, 5.41) is 7.19. The maximum absolute atomic E-state index is 12.9. The number of sulfonamides is 1. The fourth-order valence-corrected chi connectivity index (χ4v) is 3.56. The van der Waals surface area contributed by atoms with Crippen molar-refractivity contribution in [2.75, 3.05) is 18.4 Å². The van der Waals surface area contributed by atoms with Crippen molar-refractivity contribution in [1.82, 2.24) is 24.5 Å². The molecule has 0 atom stereocenters. The third kappa shape index (κ3) is 5.56. The van der Waals surface area contributed by atoms with Gasteiger partial charge in [-0.2, -0.15) is 5.10 Å². The lowest BCUT2D eigenvalue weighted by Crippen LogP contribution is -2.30. The Morgan fingerprint density at radius 3 is 2.63 bits per heavy atom. The summed E-state index contributed by atoms with van der Waals surface area (Å²) < 4.78 is 41.2. The van der Waals surface area contributed by atoms with E-state index in [1.807, 2.05) is 0 Å². The first-order valence-electron chi connectivity index (χ1n) is 8.23. The number of hydrogen-bond donors (Lipinski definition) is 2. The highest BCUT2D eigenvalue weighted by Gasteiger charge is 2.11. The van der Waals surface area contributed by atoms with Crippen LogP contribution in [-0.2, 0) is 15.8 Å². The topological polar surface area (TPSA) is 102 Å². The number of benzene rings is 1. The third-order valence-corrected chi connectivity index (χ3v) is 4.94. The Morgan fingerprint density at radius 1 is 1.15 bits per heavy atom. The molecule has 0 aliphatic carbocycles. The highest BCUT2D eigenvalue weighted by molar-refractivity contribution is 7.88. The summed E-state index contributed by atoms with van der Waals surface area (Å²) in [6.45, 7) is 2.30. The van der Waals surface area contributed by atoms with Crippen LogP contribution in [0.25, 0.3) is 5.82 Å². The number of aryl methyl sites for hydroxylation is 1. The summed E-state index contributed by atoms with van der Waals surface area (Å²) in [5.74, 6) is 1.16. The Balaban J connectivity index is 1.53. The van der Waals surface area contributed by atoms with Crippen molar-refractivity contribution in [2.24, 2.45) is 0 Å². The molecular formula is C17H19FN6O2S. The van der Waals surface area contributed by atoms with Gasteiger partial charge in [0.05, 0.1) is 5.75 Å². The van der Waals surface area contributed by atoms with Crippen molar-refractivity contribution in [3.63, 3.8) is 0 Å². The standard InChI is InChI=1S/C17H19FN6O2S/c1-13-22-16(11-17(23-13)24-10-2-7-20-24)19-8-9-21-27(25,26)12-14-3-5-15(18)6-4-14/h2-7,10-11,21H,8-9,12H2,1H3,(H,19,22,23). The molecule has 2 heterocycles. The van der Waals surface area contributed by atoms with Crippen molar-refractivity contribution in [3.8, 4) is 5.82 Å². The molecule has 2 N–H and O–H groups in total. The molecule has 8 nitrogen and oxygen atoms in total. The quantitative estimate of drug-likeness (QED) is 0.567. The van der Waals surface area contributed by atoms with Crippen molar-refractivity contribution in [2.45, 2.75) is 12.7 Å². The van der Waals surface area contributed by atoms with Gasteiger partial charge in [0.25, 0.3) is 0 Å². The van der Waals surface area contributed by atoms with Gasteiger partial charge >= 0.3 is 0 Å². The summed E-state index contributed by atoms with van der Waals surface area (Å²) in [5.41, 5.74) is 0.521. The maximum atomic E-state index is 12.9. The largest absolute Gasteiger partial charge is 0.369 e. The molecule has 3 aromatic rings. The van der Waals surface area contributed by atoms with E-state index in [0.717, 1.165) is 0 Å². The summed E-state index contributed by atoms with van der Waals surface area (Å²) in [4.78, 5) is 8.59.